The summed E-state index contributed by atoms with van der Waals surface area (Å²) in [4.78, 5) is 0. The zero-order chi connectivity index (χ0) is 8.48. The molecule has 11 heavy (non-hydrogen) atoms. The number of hydrogen-bond acceptors (Lipinski definition) is 2. The molecular formula is C9H17NS. The summed E-state index contributed by atoms with van der Waals surface area (Å²) in [6, 6.07) is 0. The molecule has 0 spiro atoms. The Morgan fingerprint density at radius 1 is 1.45 bits per heavy atom. The molecule has 1 aliphatic carbocycles. The fraction of sp³-hybridized carbons (Fsp3) is 0.889. The Kier molecular flexibility index (Phi) is 2.63. The molecule has 0 aromatic carbocycles. The van der Waals surface area contributed by atoms with Crippen LogP contribution in [0.1, 0.15) is 40.5 Å². The van der Waals surface area contributed by atoms with Gasteiger partial charge in [0.25, 0.3) is 0 Å². The second-order valence-corrected chi connectivity index (χ2v) is 5.82. The fourth-order valence-electron chi connectivity index (χ4n) is 0.893. The van der Waals surface area contributed by atoms with Gasteiger partial charge in [-0.15, -0.1) is 0 Å². The molecule has 1 fully saturated rings. The lowest BCUT2D eigenvalue weighted by atomic mass is 9.85. The van der Waals surface area contributed by atoms with Gasteiger partial charge in [-0.1, -0.05) is 6.92 Å². The van der Waals surface area contributed by atoms with E-state index in [1.165, 1.54) is 18.6 Å². The van der Waals surface area contributed by atoms with Crippen LogP contribution in [0, 0.1) is 5.92 Å². The molecule has 0 amide bonds. The van der Waals surface area contributed by atoms with Crippen LogP contribution in [-0.2, 0) is 0 Å². The molecule has 0 N–H and O–H groups in total. The Balaban J connectivity index is 2.36. The van der Waals surface area contributed by atoms with Crippen LogP contribution in [0.15, 0.2) is 4.40 Å². The Morgan fingerprint density at radius 3 is 2.36 bits per heavy atom. The molecule has 1 unspecified atom stereocenters. The molecule has 1 atom stereocenters. The summed E-state index contributed by atoms with van der Waals surface area (Å²) in [5.41, 5.74) is 1.41. The lowest BCUT2D eigenvalue weighted by Gasteiger charge is -2.25. The molecule has 2 heteroatoms. The maximum absolute atomic E-state index is 4.52. The monoisotopic (exact) mass is 171 g/mol. The number of hydrogen-bond donors (Lipinski definition) is 0. The molecule has 0 aliphatic heterocycles. The summed E-state index contributed by atoms with van der Waals surface area (Å²) in [6.07, 6.45) is 2.56. The quantitative estimate of drug-likeness (QED) is 0.551. The van der Waals surface area contributed by atoms with Crippen molar-refractivity contribution in [1.82, 2.24) is 0 Å². The van der Waals surface area contributed by atoms with Crippen LogP contribution in [0.2, 0.25) is 0 Å². The van der Waals surface area contributed by atoms with Crippen molar-refractivity contribution in [2.45, 2.75) is 45.3 Å². The van der Waals surface area contributed by atoms with Crippen molar-refractivity contribution in [3.05, 3.63) is 0 Å². The minimum atomic E-state index is 0.280. The third kappa shape index (κ3) is 2.86. The summed E-state index contributed by atoms with van der Waals surface area (Å²) in [5.74, 6) is 0.754. The van der Waals surface area contributed by atoms with Gasteiger partial charge in [0.05, 0.1) is 0 Å². The number of nitrogens with zero attached hydrogens (tertiary/aromatic N) is 1. The highest BCUT2D eigenvalue weighted by molar-refractivity contribution is 7.99. The molecule has 0 bridgehead atoms. The van der Waals surface area contributed by atoms with Gasteiger partial charge in [0.1, 0.15) is 0 Å². The summed E-state index contributed by atoms with van der Waals surface area (Å²) in [6.45, 7) is 8.85. The van der Waals surface area contributed by atoms with Crippen LogP contribution in [0.4, 0.5) is 0 Å². The maximum Gasteiger partial charge on any atom is 0.0294 e. The molecule has 64 valence electrons. The third-order valence-electron chi connectivity index (χ3n) is 1.84. The van der Waals surface area contributed by atoms with E-state index in [0.717, 1.165) is 5.92 Å². The largest absolute Gasteiger partial charge is 0.225 e. The second kappa shape index (κ2) is 3.18. The van der Waals surface area contributed by atoms with Crippen LogP contribution in [0.25, 0.3) is 0 Å². The molecule has 0 aromatic rings. The zero-order valence-electron chi connectivity index (χ0n) is 7.85. The average Bonchev–Trinajstić information content (AvgIpc) is 1.82. The minimum absolute atomic E-state index is 0.280. The van der Waals surface area contributed by atoms with E-state index in [9.17, 15) is 0 Å². The lowest BCUT2D eigenvalue weighted by Crippen LogP contribution is -2.22. The van der Waals surface area contributed by atoms with Crippen LogP contribution in [0.5, 0.6) is 0 Å². The predicted octanol–water partition coefficient (Wildman–Crippen LogP) is 3.30. The van der Waals surface area contributed by atoms with E-state index in [-0.39, 0.29) is 4.75 Å². The highest BCUT2D eigenvalue weighted by atomic mass is 32.2. The van der Waals surface area contributed by atoms with Crippen molar-refractivity contribution in [2.24, 2.45) is 10.3 Å². The van der Waals surface area contributed by atoms with Gasteiger partial charge in [0.2, 0.25) is 0 Å². The van der Waals surface area contributed by atoms with E-state index in [1.807, 2.05) is 0 Å². The van der Waals surface area contributed by atoms with E-state index in [4.69, 9.17) is 0 Å². The first-order valence-electron chi connectivity index (χ1n) is 4.24. The van der Waals surface area contributed by atoms with Gasteiger partial charge in [0.15, 0.2) is 0 Å². The van der Waals surface area contributed by atoms with Crippen LogP contribution >= 0.6 is 11.9 Å². The van der Waals surface area contributed by atoms with Crippen molar-refractivity contribution in [1.29, 1.82) is 0 Å². The van der Waals surface area contributed by atoms with Crippen LogP contribution in [0.3, 0.4) is 0 Å². The first-order chi connectivity index (χ1) is 4.99. The van der Waals surface area contributed by atoms with Gasteiger partial charge < -0.3 is 0 Å². The Labute approximate surface area is 73.8 Å². The van der Waals surface area contributed by atoms with Gasteiger partial charge in [0, 0.05) is 10.5 Å². The smallest absolute Gasteiger partial charge is 0.0294 e. The van der Waals surface area contributed by atoms with E-state index in [1.54, 1.807) is 11.9 Å². The van der Waals surface area contributed by atoms with Crippen LogP contribution in [-0.4, -0.2) is 10.5 Å². The third-order valence-corrected chi connectivity index (χ3v) is 2.71. The molecule has 0 radical (unpaired) electrons. The van der Waals surface area contributed by atoms with Gasteiger partial charge in [-0.05, 0) is 51.5 Å². The van der Waals surface area contributed by atoms with Crippen molar-refractivity contribution < 1.29 is 0 Å². The summed E-state index contributed by atoms with van der Waals surface area (Å²) < 4.78 is 4.80. The second-order valence-electron chi connectivity index (χ2n) is 4.23. The molecule has 1 rings (SSSR count). The molecule has 0 aromatic heterocycles. The summed E-state index contributed by atoms with van der Waals surface area (Å²) in [5, 5.41) is 0. The molecule has 1 aliphatic rings. The molecule has 0 heterocycles. The van der Waals surface area contributed by atoms with Gasteiger partial charge in [-0.25, -0.2) is 4.40 Å². The molecule has 1 nitrogen and oxygen atoms in total. The Hall–Kier alpha value is 0.0200. The summed E-state index contributed by atoms with van der Waals surface area (Å²) >= 11 is 1.71. The van der Waals surface area contributed by atoms with E-state index < -0.39 is 0 Å². The zero-order valence-corrected chi connectivity index (χ0v) is 8.66. The predicted molar refractivity (Wildman–Crippen MR) is 53.2 cm³/mol. The Morgan fingerprint density at radius 2 is 2.09 bits per heavy atom. The standard InChI is InChI=1S/C9H17NS/c1-7-5-6-8(7)10-11-9(2,3)4/h7H,5-6H2,1-4H3/b10-8+. The fourth-order valence-corrected chi connectivity index (χ4v) is 1.56. The SMILES string of the molecule is CC1CC/C1=N\SC(C)(C)C. The first kappa shape index (κ1) is 9.11. The van der Waals surface area contributed by atoms with Gasteiger partial charge >= 0.3 is 0 Å². The van der Waals surface area contributed by atoms with E-state index in [2.05, 4.69) is 32.1 Å². The van der Waals surface area contributed by atoms with Crippen LogP contribution < -0.4 is 0 Å². The molecular weight excluding hydrogens is 154 g/mol. The van der Waals surface area contributed by atoms with Gasteiger partial charge in [-0.2, -0.15) is 0 Å². The highest BCUT2D eigenvalue weighted by Gasteiger charge is 2.22. The minimum Gasteiger partial charge on any atom is -0.225 e. The van der Waals surface area contributed by atoms with Gasteiger partial charge in [-0.3, -0.25) is 0 Å². The molecule has 0 saturated heterocycles. The van der Waals surface area contributed by atoms with Crippen molar-refractivity contribution >= 4 is 17.7 Å². The van der Waals surface area contributed by atoms with Crippen molar-refractivity contribution in [3.8, 4) is 0 Å². The van der Waals surface area contributed by atoms with Crippen molar-refractivity contribution in [2.75, 3.05) is 0 Å². The molecule has 1 saturated carbocycles. The average molecular weight is 171 g/mol. The van der Waals surface area contributed by atoms with E-state index >= 15 is 0 Å². The first-order valence-corrected chi connectivity index (χ1v) is 5.01. The van der Waals surface area contributed by atoms with Crippen molar-refractivity contribution in [3.63, 3.8) is 0 Å². The maximum atomic E-state index is 4.52. The Bertz CT molecular complexity index is 167. The lowest BCUT2D eigenvalue weighted by molar-refractivity contribution is 0.607. The summed E-state index contributed by atoms with van der Waals surface area (Å²) in [7, 11) is 0. The van der Waals surface area contributed by atoms with E-state index in [0.29, 0.717) is 0 Å². The topological polar surface area (TPSA) is 12.4 Å². The highest BCUT2D eigenvalue weighted by Crippen LogP contribution is 2.30. The number of rotatable bonds is 1. The normalized spacial score (nSPS) is 28.7.